The topological polar surface area (TPSA) is 111 Å². The minimum Gasteiger partial charge on any atom is -0.390 e. The maximum atomic E-state index is 14.0. The van der Waals surface area contributed by atoms with Crippen LogP contribution in [0.15, 0.2) is 85.6 Å². The van der Waals surface area contributed by atoms with Crippen LogP contribution in [-0.2, 0) is 17.6 Å². The lowest BCUT2D eigenvalue weighted by atomic mass is 10.0. The molecule has 1 aliphatic carbocycles. The molecule has 1 unspecified atom stereocenters. The number of aryl methyl sites for hydroxylation is 1. The van der Waals surface area contributed by atoms with Crippen LogP contribution in [0.25, 0.3) is 0 Å². The van der Waals surface area contributed by atoms with E-state index in [1.54, 1.807) is 24.5 Å². The lowest BCUT2D eigenvalue weighted by molar-refractivity contribution is -0.124. The number of hydrogen-bond acceptors (Lipinski definition) is 5. The molecular weight excluding hydrogens is 454 g/mol. The third-order valence-corrected chi connectivity index (χ3v) is 6.57. The number of benzene rings is 2. The van der Waals surface area contributed by atoms with E-state index >= 15 is 0 Å². The fourth-order valence-electron chi connectivity index (χ4n) is 4.71. The smallest absolute Gasteiger partial charge is 0.279 e. The van der Waals surface area contributed by atoms with Crippen molar-refractivity contribution >= 4 is 17.5 Å². The first-order valence-corrected chi connectivity index (χ1v) is 11.9. The van der Waals surface area contributed by atoms with E-state index in [0.717, 1.165) is 23.1 Å². The van der Waals surface area contributed by atoms with Crippen molar-refractivity contribution in [2.75, 3.05) is 4.90 Å². The molecule has 8 heteroatoms. The SMILES string of the molecule is CCc1ccc(N(C(=O)c2c[nH]cn2)C(C(=O)N[C@@H]2c3ccccc3C[C@@H]2O)c2cccnc2)cc1. The number of imidazole rings is 1. The average molecular weight is 482 g/mol. The van der Waals surface area contributed by atoms with E-state index < -0.39 is 30.0 Å². The molecule has 5 rings (SSSR count). The Hall–Kier alpha value is -4.30. The molecular formula is C28H27N5O3. The zero-order valence-corrected chi connectivity index (χ0v) is 19.8. The van der Waals surface area contributed by atoms with Gasteiger partial charge in [-0.3, -0.25) is 19.5 Å². The number of carbonyl (C=O) groups is 2. The van der Waals surface area contributed by atoms with Crippen molar-refractivity contribution in [3.63, 3.8) is 0 Å². The normalized spacial score (nSPS) is 17.3. The lowest BCUT2D eigenvalue weighted by Gasteiger charge is -2.32. The van der Waals surface area contributed by atoms with Gasteiger partial charge in [0, 0.05) is 36.3 Å². The van der Waals surface area contributed by atoms with Crippen molar-refractivity contribution in [2.24, 2.45) is 0 Å². The Kier molecular flexibility index (Phi) is 6.60. The summed E-state index contributed by atoms with van der Waals surface area (Å²) in [4.78, 5) is 40.4. The van der Waals surface area contributed by atoms with Gasteiger partial charge in [0.05, 0.1) is 18.5 Å². The minimum atomic E-state index is -1.05. The van der Waals surface area contributed by atoms with Gasteiger partial charge in [0.1, 0.15) is 11.7 Å². The number of pyridine rings is 1. The fraction of sp³-hybridized carbons (Fsp3) is 0.214. The Morgan fingerprint density at radius 3 is 2.64 bits per heavy atom. The summed E-state index contributed by atoms with van der Waals surface area (Å²) in [5.74, 6) is -0.857. The van der Waals surface area contributed by atoms with Crippen molar-refractivity contribution in [1.82, 2.24) is 20.3 Å². The third kappa shape index (κ3) is 4.50. The number of rotatable bonds is 7. The number of aliphatic hydroxyl groups excluding tert-OH is 1. The molecule has 2 aromatic heterocycles. The Labute approximate surface area is 209 Å². The number of hydrogen-bond donors (Lipinski definition) is 3. The van der Waals surface area contributed by atoms with E-state index in [-0.39, 0.29) is 5.69 Å². The summed E-state index contributed by atoms with van der Waals surface area (Å²) in [6, 6.07) is 17.1. The molecule has 0 radical (unpaired) electrons. The van der Waals surface area contributed by atoms with Gasteiger partial charge in [0.2, 0.25) is 5.91 Å². The Balaban J connectivity index is 1.58. The highest BCUT2D eigenvalue weighted by Crippen LogP contribution is 2.34. The highest BCUT2D eigenvalue weighted by atomic mass is 16.3. The molecule has 8 nitrogen and oxygen atoms in total. The van der Waals surface area contributed by atoms with Crippen LogP contribution in [0.1, 0.15) is 51.7 Å². The molecule has 3 N–H and O–H groups in total. The molecule has 0 saturated carbocycles. The maximum Gasteiger partial charge on any atom is 0.279 e. The summed E-state index contributed by atoms with van der Waals surface area (Å²) in [5, 5.41) is 13.8. The highest BCUT2D eigenvalue weighted by Gasteiger charge is 2.38. The molecule has 0 saturated heterocycles. The third-order valence-electron chi connectivity index (χ3n) is 6.57. The summed E-state index contributed by atoms with van der Waals surface area (Å²) in [6.07, 6.45) is 6.66. The molecule has 36 heavy (non-hydrogen) atoms. The van der Waals surface area contributed by atoms with Crippen LogP contribution in [0.3, 0.4) is 0 Å². The molecule has 0 fully saturated rings. The molecule has 0 bridgehead atoms. The fourth-order valence-corrected chi connectivity index (χ4v) is 4.71. The van der Waals surface area contributed by atoms with Crippen LogP contribution in [0, 0.1) is 0 Å². The number of aliphatic hydroxyl groups is 1. The largest absolute Gasteiger partial charge is 0.390 e. The van der Waals surface area contributed by atoms with Crippen LogP contribution in [0.2, 0.25) is 0 Å². The Morgan fingerprint density at radius 1 is 1.14 bits per heavy atom. The minimum absolute atomic E-state index is 0.183. The first kappa shape index (κ1) is 23.4. The average Bonchev–Trinajstić information content (AvgIpc) is 3.56. The van der Waals surface area contributed by atoms with Crippen molar-refractivity contribution < 1.29 is 14.7 Å². The second-order valence-electron chi connectivity index (χ2n) is 8.80. The second kappa shape index (κ2) is 10.1. The van der Waals surface area contributed by atoms with Gasteiger partial charge >= 0.3 is 0 Å². The summed E-state index contributed by atoms with van der Waals surface area (Å²) >= 11 is 0. The molecule has 2 heterocycles. The zero-order valence-electron chi connectivity index (χ0n) is 19.8. The van der Waals surface area contributed by atoms with Crippen LogP contribution in [0.5, 0.6) is 0 Å². The first-order valence-electron chi connectivity index (χ1n) is 11.9. The maximum absolute atomic E-state index is 14.0. The van der Waals surface area contributed by atoms with Crippen LogP contribution in [-0.4, -0.2) is 38.0 Å². The van der Waals surface area contributed by atoms with Gasteiger partial charge in [0.25, 0.3) is 5.91 Å². The van der Waals surface area contributed by atoms with E-state index in [4.69, 9.17) is 0 Å². The number of anilines is 1. The molecule has 3 atom stereocenters. The van der Waals surface area contributed by atoms with E-state index in [9.17, 15) is 14.7 Å². The van der Waals surface area contributed by atoms with Crippen LogP contribution < -0.4 is 10.2 Å². The quantitative estimate of drug-likeness (QED) is 0.374. The monoisotopic (exact) mass is 481 g/mol. The summed E-state index contributed by atoms with van der Waals surface area (Å²) < 4.78 is 0. The van der Waals surface area contributed by atoms with Gasteiger partial charge in [-0.1, -0.05) is 49.4 Å². The lowest BCUT2D eigenvalue weighted by Crippen LogP contribution is -2.46. The number of nitrogens with one attached hydrogen (secondary N) is 2. The Morgan fingerprint density at radius 2 is 1.94 bits per heavy atom. The van der Waals surface area contributed by atoms with Gasteiger partial charge in [-0.05, 0) is 41.3 Å². The van der Waals surface area contributed by atoms with Gasteiger partial charge in [-0.15, -0.1) is 0 Å². The molecule has 0 spiro atoms. The van der Waals surface area contributed by atoms with Crippen molar-refractivity contribution in [1.29, 1.82) is 0 Å². The number of aromatic nitrogens is 3. The summed E-state index contributed by atoms with van der Waals surface area (Å²) in [7, 11) is 0. The standard InChI is InChI=1S/C28H27N5O3/c1-2-18-9-11-21(12-10-18)33(28(36)23-16-30-17-31-23)26(20-7-5-13-29-15-20)27(35)32-25-22-8-4-3-6-19(22)14-24(25)34/h3-13,15-17,24-26,34H,2,14H2,1H3,(H,30,31)(H,32,35)/t24-,25+,26?/m0/s1. The number of amides is 2. The second-order valence-corrected chi connectivity index (χ2v) is 8.80. The van der Waals surface area contributed by atoms with Crippen molar-refractivity contribution in [2.45, 2.75) is 38.0 Å². The van der Waals surface area contributed by atoms with Gasteiger partial charge in [-0.2, -0.15) is 0 Å². The van der Waals surface area contributed by atoms with E-state index in [2.05, 4.69) is 27.2 Å². The molecule has 2 amide bonds. The van der Waals surface area contributed by atoms with Gasteiger partial charge in [-0.25, -0.2) is 4.98 Å². The van der Waals surface area contributed by atoms with Crippen LogP contribution in [0.4, 0.5) is 5.69 Å². The van der Waals surface area contributed by atoms with E-state index in [1.807, 2.05) is 48.5 Å². The predicted molar refractivity (Wildman–Crippen MR) is 135 cm³/mol. The molecule has 0 aliphatic heterocycles. The molecule has 2 aromatic carbocycles. The van der Waals surface area contributed by atoms with E-state index in [0.29, 0.717) is 17.7 Å². The number of aromatic amines is 1. The van der Waals surface area contributed by atoms with Gasteiger partial charge < -0.3 is 15.4 Å². The number of H-pyrrole nitrogens is 1. The number of carbonyl (C=O) groups excluding carboxylic acids is 2. The zero-order chi connectivity index (χ0) is 25.1. The number of fused-ring (bicyclic) bond motifs is 1. The summed E-state index contributed by atoms with van der Waals surface area (Å²) in [5.41, 5.74) is 4.26. The first-order chi connectivity index (χ1) is 17.6. The van der Waals surface area contributed by atoms with E-state index in [1.165, 1.54) is 17.4 Å². The number of nitrogens with zero attached hydrogens (tertiary/aromatic N) is 3. The van der Waals surface area contributed by atoms with Crippen molar-refractivity contribution in [3.05, 3.63) is 114 Å². The Bertz CT molecular complexity index is 1340. The molecule has 4 aromatic rings. The summed E-state index contributed by atoms with van der Waals surface area (Å²) in [6.45, 7) is 2.05. The molecule has 1 aliphatic rings. The molecule has 182 valence electrons. The van der Waals surface area contributed by atoms with Crippen LogP contribution >= 0.6 is 0 Å². The predicted octanol–water partition coefficient (Wildman–Crippen LogP) is 3.53. The highest BCUT2D eigenvalue weighted by molar-refractivity contribution is 6.09. The van der Waals surface area contributed by atoms with Gasteiger partial charge in [0.15, 0.2) is 0 Å². The van der Waals surface area contributed by atoms with Crippen molar-refractivity contribution in [3.8, 4) is 0 Å².